The average Bonchev–Trinajstić information content (AvgIpc) is 2.58. The van der Waals surface area contributed by atoms with Gasteiger partial charge in [-0.05, 0) is 52.8 Å². The Bertz CT molecular complexity index is 588. The molecule has 1 aromatic rings. The van der Waals surface area contributed by atoms with Crippen LogP contribution in [0.1, 0.15) is 38.3 Å². The van der Waals surface area contributed by atoms with Crippen molar-refractivity contribution in [2.24, 2.45) is 4.99 Å². The Morgan fingerprint density at radius 3 is 2.50 bits per heavy atom. The first-order valence-corrected chi connectivity index (χ1v) is 9.65. The summed E-state index contributed by atoms with van der Waals surface area (Å²) in [6, 6.07) is 6.31. The van der Waals surface area contributed by atoms with Crippen molar-refractivity contribution >= 4 is 29.9 Å². The van der Waals surface area contributed by atoms with Crippen molar-refractivity contribution in [3.05, 3.63) is 29.3 Å². The zero-order valence-electron chi connectivity index (χ0n) is 18.6. The number of guanidine groups is 1. The van der Waals surface area contributed by atoms with Crippen molar-refractivity contribution in [2.45, 2.75) is 46.3 Å². The van der Waals surface area contributed by atoms with Gasteiger partial charge in [0.1, 0.15) is 11.4 Å². The summed E-state index contributed by atoms with van der Waals surface area (Å²) in [5.74, 6) is 1.71. The number of halogens is 1. The standard InChI is InChI=1S/C21H38N4O2.HI/c1-17-9-10-18(19(15-17)27-21(2,3)4)16-24-20(22-5)23-11-13-25(6)12-8-14-26-7;/h9-10,15H,8,11-14,16H2,1-7H3,(H2,22,23,24);1H. The number of rotatable bonds is 10. The van der Waals surface area contributed by atoms with Gasteiger partial charge in [-0.1, -0.05) is 12.1 Å². The molecule has 28 heavy (non-hydrogen) atoms. The van der Waals surface area contributed by atoms with Crippen LogP contribution in [0.25, 0.3) is 0 Å². The number of nitrogens with zero attached hydrogens (tertiary/aromatic N) is 2. The van der Waals surface area contributed by atoms with Crippen molar-refractivity contribution in [1.29, 1.82) is 0 Å². The Hall–Kier alpha value is -1.06. The van der Waals surface area contributed by atoms with E-state index in [0.717, 1.165) is 49.9 Å². The molecule has 1 rings (SSSR count). The average molecular weight is 506 g/mol. The first kappa shape index (κ1) is 26.9. The van der Waals surface area contributed by atoms with E-state index in [1.54, 1.807) is 14.2 Å². The summed E-state index contributed by atoms with van der Waals surface area (Å²) in [6.45, 7) is 12.6. The van der Waals surface area contributed by atoms with Gasteiger partial charge in [0.2, 0.25) is 0 Å². The molecule has 0 aliphatic rings. The smallest absolute Gasteiger partial charge is 0.191 e. The number of hydrogen-bond acceptors (Lipinski definition) is 4. The van der Waals surface area contributed by atoms with Crippen LogP contribution in [0.3, 0.4) is 0 Å². The molecule has 0 atom stereocenters. The second-order valence-corrected chi connectivity index (χ2v) is 7.83. The highest BCUT2D eigenvalue weighted by Crippen LogP contribution is 2.24. The largest absolute Gasteiger partial charge is 0.488 e. The molecule has 0 aliphatic heterocycles. The second-order valence-electron chi connectivity index (χ2n) is 7.83. The zero-order chi connectivity index (χ0) is 20.3. The molecule has 1 aromatic carbocycles. The van der Waals surface area contributed by atoms with E-state index in [-0.39, 0.29) is 29.6 Å². The third kappa shape index (κ3) is 11.7. The van der Waals surface area contributed by atoms with Crippen molar-refractivity contribution < 1.29 is 9.47 Å². The lowest BCUT2D eigenvalue weighted by Gasteiger charge is -2.24. The maximum absolute atomic E-state index is 6.12. The molecule has 0 radical (unpaired) electrons. The SMILES string of the molecule is CN=C(NCCN(C)CCCOC)NCc1ccc(C)cc1OC(C)(C)C.I. The van der Waals surface area contributed by atoms with Crippen LogP contribution in [0.2, 0.25) is 0 Å². The third-order valence-electron chi connectivity index (χ3n) is 3.98. The Labute approximate surface area is 188 Å². The predicted octanol–water partition coefficient (Wildman–Crippen LogP) is 3.42. The number of nitrogens with one attached hydrogen (secondary N) is 2. The summed E-state index contributed by atoms with van der Waals surface area (Å²) in [5.41, 5.74) is 2.09. The van der Waals surface area contributed by atoms with Crippen molar-refractivity contribution in [3.8, 4) is 5.75 Å². The number of likely N-dealkylation sites (N-methyl/N-ethyl adjacent to an activating group) is 1. The lowest BCUT2D eigenvalue weighted by Crippen LogP contribution is -2.40. The fourth-order valence-corrected chi connectivity index (χ4v) is 2.59. The Balaban J connectivity index is 0.00000729. The molecule has 7 heteroatoms. The molecule has 0 unspecified atom stereocenters. The van der Waals surface area contributed by atoms with Gasteiger partial charge >= 0.3 is 0 Å². The van der Waals surface area contributed by atoms with Crippen LogP contribution in [0.5, 0.6) is 5.75 Å². The summed E-state index contributed by atoms with van der Waals surface area (Å²) in [4.78, 5) is 6.60. The van der Waals surface area contributed by atoms with E-state index in [1.807, 2.05) is 0 Å². The van der Waals surface area contributed by atoms with Crippen LogP contribution >= 0.6 is 24.0 Å². The van der Waals surface area contributed by atoms with Gasteiger partial charge in [-0.3, -0.25) is 4.99 Å². The van der Waals surface area contributed by atoms with Gasteiger partial charge in [-0.25, -0.2) is 0 Å². The molecular formula is C21H39IN4O2. The Morgan fingerprint density at radius 2 is 1.89 bits per heavy atom. The normalized spacial score (nSPS) is 11.9. The van der Waals surface area contributed by atoms with Crippen LogP contribution in [0.15, 0.2) is 23.2 Å². The van der Waals surface area contributed by atoms with E-state index >= 15 is 0 Å². The number of hydrogen-bond donors (Lipinski definition) is 2. The summed E-state index contributed by atoms with van der Waals surface area (Å²) >= 11 is 0. The molecule has 0 heterocycles. The zero-order valence-corrected chi connectivity index (χ0v) is 20.9. The van der Waals surface area contributed by atoms with Crippen LogP contribution in [0, 0.1) is 6.92 Å². The molecule has 162 valence electrons. The first-order chi connectivity index (χ1) is 12.7. The fraction of sp³-hybridized carbons (Fsp3) is 0.667. The summed E-state index contributed by atoms with van der Waals surface area (Å²) < 4.78 is 11.2. The van der Waals surface area contributed by atoms with Crippen LogP contribution in [0.4, 0.5) is 0 Å². The van der Waals surface area contributed by atoms with E-state index in [9.17, 15) is 0 Å². The second kappa shape index (κ2) is 14.0. The van der Waals surface area contributed by atoms with Gasteiger partial charge in [-0.15, -0.1) is 24.0 Å². The molecule has 0 fully saturated rings. The van der Waals surface area contributed by atoms with Gasteiger partial charge in [0.15, 0.2) is 5.96 Å². The summed E-state index contributed by atoms with van der Waals surface area (Å²) in [6.07, 6.45) is 1.05. The number of methoxy groups -OCH3 is 1. The molecule has 0 aliphatic carbocycles. The predicted molar refractivity (Wildman–Crippen MR) is 129 cm³/mol. The molecule has 0 spiro atoms. The summed E-state index contributed by atoms with van der Waals surface area (Å²) in [7, 11) is 5.65. The first-order valence-electron chi connectivity index (χ1n) is 9.65. The van der Waals surface area contributed by atoms with Crippen molar-refractivity contribution in [1.82, 2.24) is 15.5 Å². The van der Waals surface area contributed by atoms with E-state index in [4.69, 9.17) is 9.47 Å². The van der Waals surface area contributed by atoms with E-state index in [1.165, 1.54) is 5.56 Å². The minimum absolute atomic E-state index is 0. The highest BCUT2D eigenvalue weighted by Gasteiger charge is 2.15. The maximum atomic E-state index is 6.12. The van der Waals surface area contributed by atoms with Gasteiger partial charge in [0.05, 0.1) is 0 Å². The van der Waals surface area contributed by atoms with Crippen LogP contribution in [-0.4, -0.2) is 63.9 Å². The minimum Gasteiger partial charge on any atom is -0.488 e. The monoisotopic (exact) mass is 506 g/mol. The molecule has 0 bridgehead atoms. The van der Waals surface area contributed by atoms with Crippen molar-refractivity contribution in [2.75, 3.05) is 47.4 Å². The number of ether oxygens (including phenoxy) is 2. The quantitative estimate of drug-likeness (QED) is 0.221. The van der Waals surface area contributed by atoms with Crippen LogP contribution in [-0.2, 0) is 11.3 Å². The summed E-state index contributed by atoms with van der Waals surface area (Å²) in [5, 5.41) is 6.74. The van der Waals surface area contributed by atoms with E-state index in [2.05, 4.69) is 73.5 Å². The minimum atomic E-state index is -0.226. The Kier molecular flexibility index (Phi) is 13.5. The van der Waals surface area contributed by atoms with Crippen LogP contribution < -0.4 is 15.4 Å². The van der Waals surface area contributed by atoms with Gasteiger partial charge in [0, 0.05) is 52.5 Å². The molecular weight excluding hydrogens is 467 g/mol. The highest BCUT2D eigenvalue weighted by molar-refractivity contribution is 14.0. The molecule has 0 aromatic heterocycles. The highest BCUT2D eigenvalue weighted by atomic mass is 127. The molecule has 0 amide bonds. The van der Waals surface area contributed by atoms with Gasteiger partial charge < -0.3 is 25.0 Å². The van der Waals surface area contributed by atoms with Crippen molar-refractivity contribution in [3.63, 3.8) is 0 Å². The van der Waals surface area contributed by atoms with Gasteiger partial charge in [-0.2, -0.15) is 0 Å². The topological polar surface area (TPSA) is 58.1 Å². The number of aliphatic imine (C=N–C) groups is 1. The lowest BCUT2D eigenvalue weighted by molar-refractivity contribution is 0.129. The lowest BCUT2D eigenvalue weighted by atomic mass is 10.1. The van der Waals surface area contributed by atoms with E-state index in [0.29, 0.717) is 6.54 Å². The molecule has 2 N–H and O–H groups in total. The maximum Gasteiger partial charge on any atom is 0.191 e. The molecule has 0 saturated heterocycles. The van der Waals surface area contributed by atoms with Gasteiger partial charge in [0.25, 0.3) is 0 Å². The number of aryl methyl sites for hydroxylation is 1. The fourth-order valence-electron chi connectivity index (χ4n) is 2.59. The molecule has 0 saturated carbocycles. The molecule has 6 nitrogen and oxygen atoms in total. The Morgan fingerprint density at radius 1 is 1.18 bits per heavy atom. The third-order valence-corrected chi connectivity index (χ3v) is 3.98. The van der Waals surface area contributed by atoms with E-state index < -0.39 is 0 Å². The number of benzene rings is 1.